The molecule has 0 unspecified atom stereocenters. The van der Waals surface area contributed by atoms with Gasteiger partial charge in [0, 0.05) is 6.20 Å². The van der Waals surface area contributed by atoms with E-state index in [4.69, 9.17) is 4.74 Å². The SMILES string of the molecule is CCOc1ccccc1C(=O)Nc1cnn(Cc2cccc(F)c2)c1. The molecule has 3 rings (SSSR count). The predicted octanol–water partition coefficient (Wildman–Crippen LogP) is 3.72. The van der Waals surface area contributed by atoms with Gasteiger partial charge in [-0.1, -0.05) is 24.3 Å². The van der Waals surface area contributed by atoms with E-state index in [1.54, 1.807) is 41.3 Å². The normalized spacial score (nSPS) is 10.5. The van der Waals surface area contributed by atoms with Gasteiger partial charge in [0.15, 0.2) is 0 Å². The van der Waals surface area contributed by atoms with Crippen LogP contribution in [0, 0.1) is 5.82 Å². The van der Waals surface area contributed by atoms with Crippen molar-refractivity contribution in [3.05, 3.63) is 77.9 Å². The fraction of sp³-hybridized carbons (Fsp3) is 0.158. The standard InChI is InChI=1S/C19H18FN3O2/c1-2-25-18-9-4-3-8-17(18)19(24)22-16-11-21-23(13-16)12-14-6-5-7-15(20)10-14/h3-11,13H,2,12H2,1H3,(H,22,24). The minimum absolute atomic E-state index is 0.269. The number of hydrogen-bond donors (Lipinski definition) is 1. The van der Waals surface area contributed by atoms with Crippen LogP contribution in [-0.2, 0) is 6.54 Å². The summed E-state index contributed by atoms with van der Waals surface area (Å²) in [6, 6.07) is 13.4. The first-order chi connectivity index (χ1) is 12.2. The van der Waals surface area contributed by atoms with Crippen molar-refractivity contribution in [1.82, 2.24) is 9.78 Å². The van der Waals surface area contributed by atoms with E-state index in [2.05, 4.69) is 10.4 Å². The molecular weight excluding hydrogens is 321 g/mol. The lowest BCUT2D eigenvalue weighted by molar-refractivity contribution is 0.102. The molecule has 0 aliphatic heterocycles. The van der Waals surface area contributed by atoms with E-state index < -0.39 is 0 Å². The Bertz CT molecular complexity index is 876. The van der Waals surface area contributed by atoms with Gasteiger partial charge in [0.2, 0.25) is 0 Å². The van der Waals surface area contributed by atoms with Crippen LogP contribution in [0.25, 0.3) is 0 Å². The van der Waals surface area contributed by atoms with Crippen LogP contribution in [0.1, 0.15) is 22.8 Å². The third-order valence-electron chi connectivity index (χ3n) is 3.56. The van der Waals surface area contributed by atoms with E-state index in [-0.39, 0.29) is 11.7 Å². The van der Waals surface area contributed by atoms with Crippen LogP contribution in [0.15, 0.2) is 60.9 Å². The molecule has 6 heteroatoms. The zero-order chi connectivity index (χ0) is 17.6. The topological polar surface area (TPSA) is 56.1 Å². The second-order valence-corrected chi connectivity index (χ2v) is 5.44. The Balaban J connectivity index is 1.70. The lowest BCUT2D eigenvalue weighted by atomic mass is 10.2. The highest BCUT2D eigenvalue weighted by atomic mass is 19.1. The van der Waals surface area contributed by atoms with Gasteiger partial charge < -0.3 is 10.1 Å². The summed E-state index contributed by atoms with van der Waals surface area (Å²) in [5.74, 6) is -0.0188. The van der Waals surface area contributed by atoms with Crippen LogP contribution in [0.5, 0.6) is 5.75 Å². The monoisotopic (exact) mass is 339 g/mol. The molecule has 0 saturated carbocycles. The summed E-state index contributed by atoms with van der Waals surface area (Å²) in [4.78, 5) is 12.4. The number of carbonyl (C=O) groups excluding carboxylic acids is 1. The Morgan fingerprint density at radius 2 is 2.08 bits per heavy atom. The van der Waals surface area contributed by atoms with Crippen molar-refractivity contribution < 1.29 is 13.9 Å². The number of aromatic nitrogens is 2. The molecule has 1 amide bonds. The van der Waals surface area contributed by atoms with Gasteiger partial charge in [-0.05, 0) is 36.8 Å². The van der Waals surface area contributed by atoms with Crippen molar-refractivity contribution >= 4 is 11.6 Å². The summed E-state index contributed by atoms with van der Waals surface area (Å²) >= 11 is 0. The zero-order valence-corrected chi connectivity index (χ0v) is 13.8. The number of anilines is 1. The van der Waals surface area contributed by atoms with Gasteiger partial charge in [-0.15, -0.1) is 0 Å². The van der Waals surface area contributed by atoms with Crippen LogP contribution in [-0.4, -0.2) is 22.3 Å². The quantitative estimate of drug-likeness (QED) is 0.745. The molecule has 2 aromatic carbocycles. The number of carbonyl (C=O) groups is 1. The van der Waals surface area contributed by atoms with Crippen molar-refractivity contribution in [3.8, 4) is 5.75 Å². The van der Waals surface area contributed by atoms with Crippen LogP contribution >= 0.6 is 0 Å². The van der Waals surface area contributed by atoms with E-state index in [0.717, 1.165) is 5.56 Å². The molecule has 1 N–H and O–H groups in total. The second-order valence-electron chi connectivity index (χ2n) is 5.44. The third-order valence-corrected chi connectivity index (χ3v) is 3.56. The van der Waals surface area contributed by atoms with Crippen molar-refractivity contribution in [3.63, 3.8) is 0 Å². The highest BCUT2D eigenvalue weighted by molar-refractivity contribution is 6.06. The Labute approximate surface area is 145 Å². The van der Waals surface area contributed by atoms with E-state index >= 15 is 0 Å². The zero-order valence-electron chi connectivity index (χ0n) is 13.8. The van der Waals surface area contributed by atoms with E-state index in [1.807, 2.05) is 19.1 Å². The number of halogens is 1. The van der Waals surface area contributed by atoms with Crippen LogP contribution in [0.3, 0.4) is 0 Å². The summed E-state index contributed by atoms with van der Waals surface area (Å²) in [5.41, 5.74) is 1.82. The average Bonchev–Trinajstić information content (AvgIpc) is 3.02. The predicted molar refractivity (Wildman–Crippen MR) is 93.3 cm³/mol. The van der Waals surface area contributed by atoms with Gasteiger partial charge in [-0.25, -0.2) is 4.39 Å². The minimum Gasteiger partial charge on any atom is -0.493 e. The molecule has 128 valence electrons. The summed E-state index contributed by atoms with van der Waals surface area (Å²) in [6.07, 6.45) is 3.26. The first kappa shape index (κ1) is 16.7. The number of para-hydroxylation sites is 1. The largest absolute Gasteiger partial charge is 0.493 e. The lowest BCUT2D eigenvalue weighted by Gasteiger charge is -2.09. The van der Waals surface area contributed by atoms with Crippen molar-refractivity contribution in [2.75, 3.05) is 11.9 Å². The van der Waals surface area contributed by atoms with Crippen LogP contribution in [0.4, 0.5) is 10.1 Å². The summed E-state index contributed by atoms with van der Waals surface area (Å²) < 4.78 is 20.3. The van der Waals surface area contributed by atoms with Gasteiger partial charge in [0.05, 0.1) is 30.6 Å². The first-order valence-corrected chi connectivity index (χ1v) is 7.96. The summed E-state index contributed by atoms with van der Waals surface area (Å²) in [5, 5.41) is 6.99. The van der Waals surface area contributed by atoms with Crippen LogP contribution in [0.2, 0.25) is 0 Å². The first-order valence-electron chi connectivity index (χ1n) is 7.96. The molecular formula is C19H18FN3O2. The van der Waals surface area contributed by atoms with Gasteiger partial charge >= 0.3 is 0 Å². The van der Waals surface area contributed by atoms with Gasteiger partial charge in [0.25, 0.3) is 5.91 Å². The third kappa shape index (κ3) is 4.23. The molecule has 0 aliphatic carbocycles. The molecule has 0 radical (unpaired) electrons. The summed E-state index contributed by atoms with van der Waals surface area (Å²) in [6.45, 7) is 2.77. The highest BCUT2D eigenvalue weighted by Gasteiger charge is 2.13. The lowest BCUT2D eigenvalue weighted by Crippen LogP contribution is -2.13. The number of hydrogen-bond acceptors (Lipinski definition) is 3. The number of rotatable bonds is 6. The van der Waals surface area contributed by atoms with Gasteiger partial charge in [0.1, 0.15) is 11.6 Å². The fourth-order valence-electron chi connectivity index (χ4n) is 2.47. The Kier molecular flexibility index (Phi) is 5.09. The van der Waals surface area contributed by atoms with E-state index in [0.29, 0.717) is 30.2 Å². The van der Waals surface area contributed by atoms with Crippen LogP contribution < -0.4 is 10.1 Å². The average molecular weight is 339 g/mol. The molecule has 0 saturated heterocycles. The fourth-order valence-corrected chi connectivity index (χ4v) is 2.47. The number of nitrogens with one attached hydrogen (secondary N) is 1. The molecule has 0 spiro atoms. The molecule has 0 atom stereocenters. The number of benzene rings is 2. The molecule has 25 heavy (non-hydrogen) atoms. The second kappa shape index (κ2) is 7.61. The molecule has 5 nitrogen and oxygen atoms in total. The summed E-state index contributed by atoms with van der Waals surface area (Å²) in [7, 11) is 0. The molecule has 0 fully saturated rings. The van der Waals surface area contributed by atoms with Crippen molar-refractivity contribution in [1.29, 1.82) is 0 Å². The minimum atomic E-state index is -0.286. The number of ether oxygens (including phenoxy) is 1. The molecule has 3 aromatic rings. The Morgan fingerprint density at radius 1 is 1.24 bits per heavy atom. The molecule has 0 bridgehead atoms. The van der Waals surface area contributed by atoms with E-state index in [9.17, 15) is 9.18 Å². The van der Waals surface area contributed by atoms with Crippen molar-refractivity contribution in [2.45, 2.75) is 13.5 Å². The molecule has 0 aliphatic rings. The number of nitrogens with zero attached hydrogens (tertiary/aromatic N) is 2. The van der Waals surface area contributed by atoms with Crippen molar-refractivity contribution in [2.24, 2.45) is 0 Å². The van der Waals surface area contributed by atoms with Gasteiger partial charge in [-0.3, -0.25) is 9.48 Å². The highest BCUT2D eigenvalue weighted by Crippen LogP contribution is 2.19. The van der Waals surface area contributed by atoms with Gasteiger partial charge in [-0.2, -0.15) is 5.10 Å². The maximum Gasteiger partial charge on any atom is 0.259 e. The molecule has 1 heterocycles. The maximum atomic E-state index is 13.2. The van der Waals surface area contributed by atoms with E-state index in [1.165, 1.54) is 12.1 Å². The Hall–Kier alpha value is -3.15. The number of amides is 1. The maximum absolute atomic E-state index is 13.2. The smallest absolute Gasteiger partial charge is 0.259 e. The molecule has 1 aromatic heterocycles. The Morgan fingerprint density at radius 3 is 2.88 bits per heavy atom.